The predicted octanol–water partition coefficient (Wildman–Crippen LogP) is 2.10. The first-order chi connectivity index (χ1) is 10.6. The Bertz CT molecular complexity index is 747. The van der Waals surface area contributed by atoms with Crippen molar-refractivity contribution in [3.63, 3.8) is 0 Å². The number of carbonyl (C=O) groups is 2. The third-order valence-corrected chi connectivity index (χ3v) is 4.14. The number of fused-ring (bicyclic) bond motifs is 2. The summed E-state index contributed by atoms with van der Waals surface area (Å²) < 4.78 is 0. The summed E-state index contributed by atoms with van der Waals surface area (Å²) in [5.41, 5.74) is 3.32. The molecule has 3 heterocycles. The van der Waals surface area contributed by atoms with Gasteiger partial charge in [0.05, 0.1) is 6.54 Å². The normalized spacial score (nSPS) is 20.5. The zero-order chi connectivity index (χ0) is 15.7. The molecule has 1 unspecified atom stereocenters. The van der Waals surface area contributed by atoms with Gasteiger partial charge in [-0.25, -0.2) is 0 Å². The molecule has 1 aromatic heterocycles. The van der Waals surface area contributed by atoms with E-state index in [1.807, 2.05) is 12.3 Å². The topological polar surface area (TPSA) is 65.2 Å². The predicted molar refractivity (Wildman–Crippen MR) is 85.1 cm³/mol. The number of nitrogens with one attached hydrogen (secondary N) is 2. The van der Waals surface area contributed by atoms with Crippen LogP contribution >= 0.6 is 0 Å². The summed E-state index contributed by atoms with van der Waals surface area (Å²) in [6.07, 6.45) is 3.50. The molecule has 0 radical (unpaired) electrons. The van der Waals surface area contributed by atoms with Crippen molar-refractivity contribution in [2.24, 2.45) is 0 Å². The summed E-state index contributed by atoms with van der Waals surface area (Å²) in [4.78, 5) is 27.2. The second-order valence-corrected chi connectivity index (χ2v) is 5.62. The van der Waals surface area contributed by atoms with Gasteiger partial charge in [0, 0.05) is 22.8 Å². The van der Waals surface area contributed by atoms with Crippen LogP contribution in [-0.2, 0) is 9.59 Å². The zero-order valence-electron chi connectivity index (χ0n) is 12.6. The third kappa shape index (κ3) is 2.50. The Balaban J connectivity index is 0.000000133. The number of carbonyl (C=O) groups excluding carboxylic acids is 2. The van der Waals surface area contributed by atoms with Gasteiger partial charge in [0.25, 0.3) is 0 Å². The van der Waals surface area contributed by atoms with Gasteiger partial charge in [0.1, 0.15) is 6.04 Å². The fourth-order valence-corrected chi connectivity index (χ4v) is 2.95. The van der Waals surface area contributed by atoms with E-state index in [1.165, 1.54) is 21.4 Å². The lowest BCUT2D eigenvalue weighted by Crippen LogP contribution is -2.54. The van der Waals surface area contributed by atoms with Gasteiger partial charge >= 0.3 is 0 Å². The number of hydrogen-bond donors (Lipinski definition) is 2. The Morgan fingerprint density at radius 2 is 2.05 bits per heavy atom. The smallest absolute Gasteiger partial charge is 0.246 e. The summed E-state index contributed by atoms with van der Waals surface area (Å²) in [5.74, 6) is -0.0876. The van der Waals surface area contributed by atoms with Crippen LogP contribution in [0.1, 0.15) is 18.4 Å². The average Bonchev–Trinajstić information content (AvgIpc) is 3.09. The minimum Gasteiger partial charge on any atom is -0.361 e. The number of amides is 2. The van der Waals surface area contributed by atoms with E-state index in [1.54, 1.807) is 0 Å². The summed E-state index contributed by atoms with van der Waals surface area (Å²) in [6.45, 7) is 5.98. The molecule has 0 saturated carbocycles. The van der Waals surface area contributed by atoms with Crippen LogP contribution in [0, 0.1) is 6.92 Å². The van der Waals surface area contributed by atoms with Crippen molar-refractivity contribution in [1.29, 1.82) is 0 Å². The van der Waals surface area contributed by atoms with Crippen LogP contribution < -0.4 is 5.32 Å². The average molecular weight is 297 g/mol. The van der Waals surface area contributed by atoms with Gasteiger partial charge < -0.3 is 15.2 Å². The fraction of sp³-hybridized carbons (Fsp3) is 0.294. The number of aromatic nitrogens is 1. The highest BCUT2D eigenvalue weighted by molar-refractivity contribution is 5.96. The lowest BCUT2D eigenvalue weighted by molar-refractivity contribution is -0.141. The van der Waals surface area contributed by atoms with Crippen molar-refractivity contribution in [3.05, 3.63) is 48.3 Å². The minimum absolute atomic E-state index is 0.0397. The van der Waals surface area contributed by atoms with Gasteiger partial charge in [0.15, 0.2) is 0 Å². The van der Waals surface area contributed by atoms with Crippen molar-refractivity contribution >= 4 is 22.7 Å². The molecule has 22 heavy (non-hydrogen) atoms. The van der Waals surface area contributed by atoms with E-state index in [-0.39, 0.29) is 24.4 Å². The number of H-pyrrole nitrogens is 1. The molecular formula is C17H19N3O2. The monoisotopic (exact) mass is 297 g/mol. The molecule has 1 aromatic carbocycles. The van der Waals surface area contributed by atoms with Crippen molar-refractivity contribution in [2.75, 3.05) is 6.54 Å². The highest BCUT2D eigenvalue weighted by Crippen LogP contribution is 2.27. The van der Waals surface area contributed by atoms with Crippen LogP contribution in [0.15, 0.2) is 42.7 Å². The molecule has 5 nitrogen and oxygen atoms in total. The van der Waals surface area contributed by atoms with Crippen molar-refractivity contribution < 1.29 is 9.59 Å². The number of rotatable bonds is 0. The van der Waals surface area contributed by atoms with E-state index in [9.17, 15) is 9.59 Å². The number of nitrogens with zero attached hydrogens (tertiary/aromatic N) is 1. The molecule has 1 atom stereocenters. The standard InChI is InChI=1S/C9H9N.C8H10N2O2/c1-7-6-10-9-5-3-2-4-8(7)9;1-5-2-3-6-8(12)9-4-7(11)10(5)6/h2-6,10H,1H3;6H,1-4H2,(H,9,12). The Labute approximate surface area is 129 Å². The highest BCUT2D eigenvalue weighted by Gasteiger charge is 2.39. The number of piperazine rings is 1. The first-order valence-electron chi connectivity index (χ1n) is 7.38. The molecule has 5 heteroatoms. The van der Waals surface area contributed by atoms with E-state index >= 15 is 0 Å². The second kappa shape index (κ2) is 5.67. The SMILES string of the molecule is C=C1CCC2C(=O)NCC(=O)N12.Cc1c[nH]c2ccccc12. The molecule has 0 spiro atoms. The van der Waals surface area contributed by atoms with Crippen LogP contribution in [0.3, 0.4) is 0 Å². The Morgan fingerprint density at radius 1 is 1.27 bits per heavy atom. The van der Waals surface area contributed by atoms with Gasteiger partial charge in [-0.1, -0.05) is 24.8 Å². The zero-order valence-corrected chi connectivity index (χ0v) is 12.6. The van der Waals surface area contributed by atoms with Crippen LogP contribution in [0.25, 0.3) is 10.9 Å². The summed E-state index contributed by atoms with van der Waals surface area (Å²) in [5, 5.41) is 3.87. The Hall–Kier alpha value is -2.56. The fourth-order valence-electron chi connectivity index (χ4n) is 2.95. The molecule has 2 aliphatic rings. The molecule has 114 valence electrons. The maximum Gasteiger partial charge on any atom is 0.246 e. The van der Waals surface area contributed by atoms with E-state index in [4.69, 9.17) is 0 Å². The molecule has 0 aliphatic carbocycles. The molecule has 2 aliphatic heterocycles. The van der Waals surface area contributed by atoms with Crippen LogP contribution in [0.5, 0.6) is 0 Å². The highest BCUT2D eigenvalue weighted by atomic mass is 16.2. The van der Waals surface area contributed by atoms with Crippen LogP contribution in [0.4, 0.5) is 0 Å². The van der Waals surface area contributed by atoms with Gasteiger partial charge in [0.2, 0.25) is 11.8 Å². The van der Waals surface area contributed by atoms with Gasteiger partial charge in [-0.15, -0.1) is 0 Å². The van der Waals surface area contributed by atoms with E-state index in [0.29, 0.717) is 0 Å². The Kier molecular flexibility index (Phi) is 3.71. The molecule has 2 amide bonds. The van der Waals surface area contributed by atoms with E-state index in [2.05, 4.69) is 42.0 Å². The van der Waals surface area contributed by atoms with Crippen LogP contribution in [-0.4, -0.2) is 34.3 Å². The third-order valence-electron chi connectivity index (χ3n) is 4.14. The number of benzene rings is 1. The summed E-state index contributed by atoms with van der Waals surface area (Å²) in [6, 6.07) is 8.03. The molecule has 2 N–H and O–H groups in total. The molecule has 2 saturated heterocycles. The maximum atomic E-state index is 11.3. The lowest BCUT2D eigenvalue weighted by atomic mass is 10.2. The van der Waals surface area contributed by atoms with Crippen molar-refractivity contribution in [1.82, 2.24) is 15.2 Å². The number of aromatic amines is 1. The molecule has 0 bridgehead atoms. The van der Waals surface area contributed by atoms with E-state index < -0.39 is 0 Å². The minimum atomic E-state index is -0.279. The lowest BCUT2D eigenvalue weighted by Gasteiger charge is -2.29. The summed E-state index contributed by atoms with van der Waals surface area (Å²) >= 11 is 0. The number of allylic oxidation sites excluding steroid dienone is 1. The van der Waals surface area contributed by atoms with Gasteiger partial charge in [-0.05, 0) is 31.4 Å². The van der Waals surface area contributed by atoms with Crippen molar-refractivity contribution in [2.45, 2.75) is 25.8 Å². The first kappa shape index (κ1) is 14.4. The quantitative estimate of drug-likeness (QED) is 0.782. The number of aryl methyl sites for hydroxylation is 1. The van der Waals surface area contributed by atoms with Crippen LogP contribution in [0.2, 0.25) is 0 Å². The number of para-hydroxylation sites is 1. The summed E-state index contributed by atoms with van der Waals surface area (Å²) in [7, 11) is 0. The van der Waals surface area contributed by atoms with Gasteiger partial charge in [-0.3, -0.25) is 9.59 Å². The molecule has 2 aromatic rings. The Morgan fingerprint density at radius 3 is 2.77 bits per heavy atom. The first-order valence-corrected chi connectivity index (χ1v) is 7.38. The largest absolute Gasteiger partial charge is 0.361 e. The number of hydrogen-bond acceptors (Lipinski definition) is 2. The second-order valence-electron chi connectivity index (χ2n) is 5.62. The van der Waals surface area contributed by atoms with Gasteiger partial charge in [-0.2, -0.15) is 0 Å². The van der Waals surface area contributed by atoms with Crippen molar-refractivity contribution in [3.8, 4) is 0 Å². The molecule has 4 rings (SSSR count). The molecule has 2 fully saturated rings. The van der Waals surface area contributed by atoms with E-state index in [0.717, 1.165) is 18.5 Å². The maximum absolute atomic E-state index is 11.3. The molecular weight excluding hydrogens is 278 g/mol.